The maximum Gasteiger partial charge on any atom is 0.191 e. The Morgan fingerprint density at radius 1 is 1.30 bits per heavy atom. The van der Waals surface area contributed by atoms with Crippen LogP contribution in [0.5, 0.6) is 5.75 Å². The first-order valence-corrected chi connectivity index (χ1v) is 9.21. The molecule has 8 heteroatoms. The number of nitrogens with zero attached hydrogens (tertiary/aromatic N) is 2. The molecule has 0 saturated carbocycles. The average Bonchev–Trinajstić information content (AvgIpc) is 3.10. The Morgan fingerprint density at radius 3 is 2.67 bits per heavy atom. The Labute approximate surface area is 183 Å². The Hall–Kier alpha value is -1.48. The molecule has 1 heterocycles. The molecule has 0 atom stereocenters. The quantitative estimate of drug-likeness (QED) is 0.316. The van der Waals surface area contributed by atoms with Gasteiger partial charge < -0.3 is 19.9 Å². The lowest BCUT2D eigenvalue weighted by Crippen LogP contribution is -2.38. The van der Waals surface area contributed by atoms with Gasteiger partial charge in [0.2, 0.25) is 0 Å². The summed E-state index contributed by atoms with van der Waals surface area (Å²) < 4.78 is 10.5. The molecule has 0 radical (unpaired) electrons. The SMILES string of the molecule is CCNC(=NCc1cc(C(C)C)no1)NCCc1ccc(OC)cc1Cl.I. The Bertz CT molecular complexity index is 734. The van der Waals surface area contributed by atoms with Crippen molar-refractivity contribution in [3.8, 4) is 5.75 Å². The summed E-state index contributed by atoms with van der Waals surface area (Å²) in [5.74, 6) is 2.59. The van der Waals surface area contributed by atoms with Crippen molar-refractivity contribution in [1.82, 2.24) is 15.8 Å². The van der Waals surface area contributed by atoms with Gasteiger partial charge in [-0.3, -0.25) is 0 Å². The number of nitrogens with one attached hydrogen (secondary N) is 2. The van der Waals surface area contributed by atoms with Gasteiger partial charge in [-0.2, -0.15) is 0 Å². The van der Waals surface area contributed by atoms with Crippen LogP contribution in [0.25, 0.3) is 0 Å². The van der Waals surface area contributed by atoms with Crippen molar-refractivity contribution >= 4 is 41.5 Å². The van der Waals surface area contributed by atoms with Gasteiger partial charge in [0.25, 0.3) is 0 Å². The minimum atomic E-state index is 0. The monoisotopic (exact) mass is 506 g/mol. The third-order valence-corrected chi connectivity index (χ3v) is 4.20. The van der Waals surface area contributed by atoms with E-state index in [0.717, 1.165) is 41.7 Å². The summed E-state index contributed by atoms with van der Waals surface area (Å²) in [5, 5.41) is 11.3. The molecule has 1 aromatic heterocycles. The van der Waals surface area contributed by atoms with Crippen LogP contribution in [0.3, 0.4) is 0 Å². The molecule has 0 amide bonds. The van der Waals surface area contributed by atoms with Crippen LogP contribution >= 0.6 is 35.6 Å². The van der Waals surface area contributed by atoms with Gasteiger partial charge in [-0.15, -0.1) is 24.0 Å². The molecule has 150 valence electrons. The zero-order chi connectivity index (χ0) is 18.9. The van der Waals surface area contributed by atoms with Crippen LogP contribution in [0.15, 0.2) is 33.8 Å². The average molecular weight is 507 g/mol. The van der Waals surface area contributed by atoms with E-state index in [1.807, 2.05) is 31.2 Å². The minimum absolute atomic E-state index is 0. The van der Waals surface area contributed by atoms with Crippen LogP contribution in [0, 0.1) is 0 Å². The van der Waals surface area contributed by atoms with Crippen molar-refractivity contribution in [2.24, 2.45) is 4.99 Å². The van der Waals surface area contributed by atoms with Crippen LogP contribution < -0.4 is 15.4 Å². The first-order valence-electron chi connectivity index (χ1n) is 8.83. The zero-order valence-electron chi connectivity index (χ0n) is 16.2. The molecule has 2 aromatic rings. The maximum absolute atomic E-state index is 6.28. The number of rotatable bonds is 8. The normalized spacial score (nSPS) is 11.3. The molecule has 0 fully saturated rings. The molecule has 0 aliphatic rings. The molecule has 0 bridgehead atoms. The predicted molar refractivity (Wildman–Crippen MR) is 121 cm³/mol. The standard InChI is InChI=1S/C19H27ClN4O2.HI/c1-5-21-19(23-12-16-11-18(13(2)3)24-26-16)22-9-8-14-6-7-15(25-4)10-17(14)20;/h6-7,10-11,13H,5,8-9,12H2,1-4H3,(H2,21,22,23);1H. The molecule has 0 saturated heterocycles. The van der Waals surface area contributed by atoms with Crippen molar-refractivity contribution in [2.45, 2.75) is 39.7 Å². The number of halogens is 2. The van der Waals surface area contributed by atoms with Gasteiger partial charge in [-0.1, -0.05) is 36.7 Å². The van der Waals surface area contributed by atoms with E-state index in [4.69, 9.17) is 20.9 Å². The lowest BCUT2D eigenvalue weighted by Gasteiger charge is -2.12. The second kappa shape index (κ2) is 12.1. The fourth-order valence-corrected chi connectivity index (χ4v) is 2.61. The third kappa shape index (κ3) is 7.57. The number of ether oxygens (including phenoxy) is 1. The molecule has 2 rings (SSSR count). The first kappa shape index (κ1) is 23.6. The number of hydrogen-bond acceptors (Lipinski definition) is 4. The highest BCUT2D eigenvalue weighted by atomic mass is 127. The summed E-state index contributed by atoms with van der Waals surface area (Å²) >= 11 is 6.28. The number of aliphatic imine (C=N–C) groups is 1. The number of aromatic nitrogens is 1. The highest BCUT2D eigenvalue weighted by molar-refractivity contribution is 14.0. The Kier molecular flexibility index (Phi) is 10.5. The van der Waals surface area contributed by atoms with Gasteiger partial charge >= 0.3 is 0 Å². The summed E-state index contributed by atoms with van der Waals surface area (Å²) in [6, 6.07) is 7.67. The molecule has 0 spiro atoms. The second-order valence-corrected chi connectivity index (χ2v) is 6.61. The summed E-state index contributed by atoms with van der Waals surface area (Å²) in [4.78, 5) is 4.55. The lowest BCUT2D eigenvalue weighted by atomic mass is 10.1. The Balaban J connectivity index is 0.00000364. The predicted octanol–water partition coefficient (Wildman–Crippen LogP) is 4.38. The summed E-state index contributed by atoms with van der Waals surface area (Å²) in [6.07, 6.45) is 0.785. The number of benzene rings is 1. The van der Waals surface area contributed by atoms with E-state index >= 15 is 0 Å². The molecular weight excluding hydrogens is 479 g/mol. The summed E-state index contributed by atoms with van der Waals surface area (Å²) in [5.41, 5.74) is 2.01. The van der Waals surface area contributed by atoms with Gasteiger partial charge in [0.1, 0.15) is 12.3 Å². The first-order chi connectivity index (χ1) is 12.5. The fourth-order valence-electron chi connectivity index (χ4n) is 2.35. The van der Waals surface area contributed by atoms with Crippen LogP contribution in [0.1, 0.15) is 43.7 Å². The third-order valence-electron chi connectivity index (χ3n) is 3.85. The summed E-state index contributed by atoms with van der Waals surface area (Å²) in [6.45, 7) is 8.14. The van der Waals surface area contributed by atoms with E-state index in [1.54, 1.807) is 7.11 Å². The lowest BCUT2D eigenvalue weighted by molar-refractivity contribution is 0.376. The van der Waals surface area contributed by atoms with E-state index in [9.17, 15) is 0 Å². The van der Waals surface area contributed by atoms with Crippen LogP contribution in [-0.4, -0.2) is 31.3 Å². The molecule has 6 nitrogen and oxygen atoms in total. The molecule has 2 N–H and O–H groups in total. The van der Waals surface area contributed by atoms with E-state index < -0.39 is 0 Å². The highest BCUT2D eigenvalue weighted by Gasteiger charge is 2.08. The van der Waals surface area contributed by atoms with E-state index in [2.05, 4.69) is 34.6 Å². The van der Waals surface area contributed by atoms with Gasteiger partial charge in [-0.05, 0) is 37.0 Å². The van der Waals surface area contributed by atoms with E-state index in [1.165, 1.54) is 0 Å². The fraction of sp³-hybridized carbons (Fsp3) is 0.474. The molecular formula is C19H28ClIN4O2. The molecule has 0 aliphatic heterocycles. The molecule has 27 heavy (non-hydrogen) atoms. The topological polar surface area (TPSA) is 71.7 Å². The number of methoxy groups -OCH3 is 1. The molecule has 0 aliphatic carbocycles. The van der Waals surface area contributed by atoms with Gasteiger partial charge in [0, 0.05) is 24.2 Å². The second-order valence-electron chi connectivity index (χ2n) is 6.20. The van der Waals surface area contributed by atoms with Crippen molar-refractivity contribution in [3.63, 3.8) is 0 Å². The molecule has 1 aromatic carbocycles. The van der Waals surface area contributed by atoms with Crippen molar-refractivity contribution < 1.29 is 9.26 Å². The Morgan fingerprint density at radius 2 is 2.07 bits per heavy atom. The van der Waals surface area contributed by atoms with Crippen molar-refractivity contribution in [3.05, 3.63) is 46.3 Å². The van der Waals surface area contributed by atoms with Crippen LogP contribution in [0.4, 0.5) is 0 Å². The zero-order valence-corrected chi connectivity index (χ0v) is 19.3. The molecule has 0 unspecified atom stereocenters. The minimum Gasteiger partial charge on any atom is -0.497 e. The smallest absolute Gasteiger partial charge is 0.191 e. The summed E-state index contributed by atoms with van der Waals surface area (Å²) in [7, 11) is 1.63. The highest BCUT2D eigenvalue weighted by Crippen LogP contribution is 2.22. The van der Waals surface area contributed by atoms with Crippen LogP contribution in [-0.2, 0) is 13.0 Å². The number of hydrogen-bond donors (Lipinski definition) is 2. The van der Waals surface area contributed by atoms with Crippen molar-refractivity contribution in [1.29, 1.82) is 0 Å². The van der Waals surface area contributed by atoms with E-state index in [-0.39, 0.29) is 24.0 Å². The van der Waals surface area contributed by atoms with Gasteiger partial charge in [-0.25, -0.2) is 4.99 Å². The largest absolute Gasteiger partial charge is 0.497 e. The van der Waals surface area contributed by atoms with E-state index in [0.29, 0.717) is 24.0 Å². The van der Waals surface area contributed by atoms with Crippen LogP contribution in [0.2, 0.25) is 5.02 Å². The van der Waals surface area contributed by atoms with Gasteiger partial charge in [0.15, 0.2) is 11.7 Å². The van der Waals surface area contributed by atoms with Crippen molar-refractivity contribution in [2.75, 3.05) is 20.2 Å². The number of guanidine groups is 1. The van der Waals surface area contributed by atoms with Gasteiger partial charge in [0.05, 0.1) is 12.8 Å². The maximum atomic E-state index is 6.28.